The summed E-state index contributed by atoms with van der Waals surface area (Å²) in [5, 5.41) is 14.9. The lowest BCUT2D eigenvalue weighted by molar-refractivity contribution is 0.0365. The van der Waals surface area contributed by atoms with E-state index in [-0.39, 0.29) is 12.5 Å². The summed E-state index contributed by atoms with van der Waals surface area (Å²) < 4.78 is 0. The number of nitrogens with one attached hydrogen (secondary N) is 1. The Morgan fingerprint density at radius 3 is 2.75 bits per heavy atom. The van der Waals surface area contributed by atoms with E-state index < -0.39 is 5.60 Å². The first-order valence-corrected chi connectivity index (χ1v) is 5.82. The molecule has 0 aliphatic carbocycles. The van der Waals surface area contributed by atoms with Crippen LogP contribution in [0.15, 0.2) is 5.38 Å². The maximum atomic E-state index is 11.9. The Balaban J connectivity index is 2.70. The van der Waals surface area contributed by atoms with Gasteiger partial charge in [-0.3, -0.25) is 4.79 Å². The van der Waals surface area contributed by atoms with Gasteiger partial charge in [0.15, 0.2) is 5.13 Å². The highest BCUT2D eigenvalue weighted by molar-refractivity contribution is 7.13. The molecule has 0 aliphatic rings. The van der Waals surface area contributed by atoms with Crippen molar-refractivity contribution >= 4 is 22.4 Å². The molecule has 0 unspecified atom stereocenters. The fourth-order valence-electron chi connectivity index (χ4n) is 1.33. The Hall–Kier alpha value is -1.14. The first-order chi connectivity index (χ1) is 7.33. The highest BCUT2D eigenvalue weighted by atomic mass is 32.1. The number of hydrogen-bond donors (Lipinski definition) is 2. The minimum absolute atomic E-state index is 0.181. The van der Waals surface area contributed by atoms with Crippen molar-refractivity contribution in [3.63, 3.8) is 0 Å². The first-order valence-electron chi connectivity index (χ1n) is 4.94. The monoisotopic (exact) mass is 243 g/mol. The molecule has 2 N–H and O–H groups in total. The Morgan fingerprint density at radius 1 is 1.69 bits per heavy atom. The third-order valence-corrected chi connectivity index (χ3v) is 2.77. The quantitative estimate of drug-likeness (QED) is 0.829. The van der Waals surface area contributed by atoms with Gasteiger partial charge in [0, 0.05) is 26.0 Å². The van der Waals surface area contributed by atoms with Gasteiger partial charge < -0.3 is 15.3 Å². The molecule has 0 saturated carbocycles. The molecule has 16 heavy (non-hydrogen) atoms. The summed E-state index contributed by atoms with van der Waals surface area (Å²) in [5.41, 5.74) is -0.493. The highest BCUT2D eigenvalue weighted by Crippen LogP contribution is 2.16. The Bertz CT molecular complexity index is 370. The molecule has 0 atom stereocenters. The topological polar surface area (TPSA) is 65.5 Å². The van der Waals surface area contributed by atoms with Crippen molar-refractivity contribution in [1.29, 1.82) is 0 Å². The molecule has 90 valence electrons. The Kier molecular flexibility index (Phi) is 3.88. The van der Waals surface area contributed by atoms with Gasteiger partial charge in [0.2, 0.25) is 0 Å². The molecule has 1 rings (SSSR count). The van der Waals surface area contributed by atoms with Crippen molar-refractivity contribution in [2.75, 3.05) is 26.0 Å². The van der Waals surface area contributed by atoms with Crippen LogP contribution in [0.2, 0.25) is 0 Å². The first kappa shape index (κ1) is 12.9. The minimum atomic E-state index is -0.897. The number of nitrogens with zero attached hydrogens (tertiary/aromatic N) is 2. The summed E-state index contributed by atoms with van der Waals surface area (Å²) in [5.74, 6) is -0.181. The van der Waals surface area contributed by atoms with E-state index in [9.17, 15) is 9.90 Å². The van der Waals surface area contributed by atoms with E-state index >= 15 is 0 Å². The maximum Gasteiger partial charge on any atom is 0.273 e. The fraction of sp³-hybridized carbons (Fsp3) is 0.600. The van der Waals surface area contributed by atoms with Crippen LogP contribution in [0.3, 0.4) is 0 Å². The summed E-state index contributed by atoms with van der Waals surface area (Å²) in [7, 11) is 3.41. The molecule has 0 radical (unpaired) electrons. The van der Waals surface area contributed by atoms with Crippen LogP contribution in [0.25, 0.3) is 0 Å². The van der Waals surface area contributed by atoms with Gasteiger partial charge in [0.25, 0.3) is 5.91 Å². The minimum Gasteiger partial charge on any atom is -0.389 e. The lowest BCUT2D eigenvalue weighted by Crippen LogP contribution is -2.39. The molecule has 6 heteroatoms. The molecule has 1 heterocycles. The van der Waals surface area contributed by atoms with Crippen LogP contribution in [-0.2, 0) is 0 Å². The molecular weight excluding hydrogens is 226 g/mol. The number of aliphatic hydroxyl groups is 1. The van der Waals surface area contributed by atoms with Crippen LogP contribution in [0.1, 0.15) is 24.3 Å². The van der Waals surface area contributed by atoms with Crippen molar-refractivity contribution < 1.29 is 9.90 Å². The standard InChI is InChI=1S/C10H17N3O2S/c1-10(2,15)6-13(4)8(14)7-5-16-9(11-3)12-7/h5,15H,6H2,1-4H3,(H,11,12). The predicted molar refractivity (Wildman–Crippen MR) is 64.9 cm³/mol. The zero-order valence-electron chi connectivity index (χ0n) is 9.94. The Labute approximate surface area is 99.1 Å². The molecule has 0 bridgehead atoms. The molecule has 5 nitrogen and oxygen atoms in total. The van der Waals surface area contributed by atoms with Gasteiger partial charge in [0.1, 0.15) is 5.69 Å². The van der Waals surface area contributed by atoms with E-state index in [1.807, 2.05) is 0 Å². The van der Waals surface area contributed by atoms with Gasteiger partial charge in [-0.1, -0.05) is 0 Å². The summed E-state index contributed by atoms with van der Waals surface area (Å²) in [6, 6.07) is 0. The lowest BCUT2D eigenvalue weighted by Gasteiger charge is -2.24. The molecule has 0 fully saturated rings. The molecule has 1 amide bonds. The number of carbonyl (C=O) groups is 1. The van der Waals surface area contributed by atoms with Crippen molar-refractivity contribution in [1.82, 2.24) is 9.88 Å². The zero-order chi connectivity index (χ0) is 12.3. The van der Waals surface area contributed by atoms with Crippen LogP contribution in [0.4, 0.5) is 5.13 Å². The van der Waals surface area contributed by atoms with Gasteiger partial charge in [0.05, 0.1) is 5.60 Å². The lowest BCUT2D eigenvalue weighted by atomic mass is 10.1. The summed E-state index contributed by atoms with van der Waals surface area (Å²) in [6.07, 6.45) is 0. The van der Waals surface area contributed by atoms with Crippen LogP contribution >= 0.6 is 11.3 Å². The van der Waals surface area contributed by atoms with Crippen LogP contribution < -0.4 is 5.32 Å². The smallest absolute Gasteiger partial charge is 0.273 e. The normalized spacial score (nSPS) is 11.3. The maximum absolute atomic E-state index is 11.9. The van der Waals surface area contributed by atoms with E-state index in [1.165, 1.54) is 16.2 Å². The SMILES string of the molecule is CNc1nc(C(=O)N(C)CC(C)(C)O)cs1. The third-order valence-electron chi connectivity index (χ3n) is 1.91. The number of carbonyl (C=O) groups excluding carboxylic acids is 1. The number of rotatable bonds is 4. The zero-order valence-corrected chi connectivity index (χ0v) is 10.8. The van der Waals surface area contributed by atoms with E-state index in [4.69, 9.17) is 0 Å². The van der Waals surface area contributed by atoms with Crippen LogP contribution in [0, 0.1) is 0 Å². The second kappa shape index (κ2) is 4.80. The molecular formula is C10H17N3O2S. The van der Waals surface area contributed by atoms with Crippen molar-refractivity contribution in [3.8, 4) is 0 Å². The van der Waals surface area contributed by atoms with E-state index in [1.54, 1.807) is 33.3 Å². The number of amides is 1. The van der Waals surface area contributed by atoms with Gasteiger partial charge in [-0.05, 0) is 13.8 Å². The number of thiazole rings is 1. The van der Waals surface area contributed by atoms with Gasteiger partial charge in [-0.15, -0.1) is 11.3 Å². The van der Waals surface area contributed by atoms with Crippen molar-refractivity contribution in [2.45, 2.75) is 19.4 Å². The molecule has 1 aromatic rings. The Morgan fingerprint density at radius 2 is 2.31 bits per heavy atom. The largest absolute Gasteiger partial charge is 0.389 e. The third kappa shape index (κ3) is 3.46. The summed E-state index contributed by atoms with van der Waals surface area (Å²) in [4.78, 5) is 17.5. The molecule has 0 aliphatic heterocycles. The van der Waals surface area contributed by atoms with E-state index in [2.05, 4.69) is 10.3 Å². The van der Waals surface area contributed by atoms with Crippen molar-refractivity contribution in [2.24, 2.45) is 0 Å². The second-order valence-electron chi connectivity index (χ2n) is 4.26. The highest BCUT2D eigenvalue weighted by Gasteiger charge is 2.21. The number of anilines is 1. The van der Waals surface area contributed by atoms with Gasteiger partial charge in [-0.25, -0.2) is 4.98 Å². The average Bonchev–Trinajstić information content (AvgIpc) is 2.61. The van der Waals surface area contributed by atoms with Crippen LogP contribution in [-0.4, -0.2) is 47.1 Å². The number of hydrogen-bond acceptors (Lipinski definition) is 5. The van der Waals surface area contributed by atoms with E-state index in [0.717, 1.165) is 0 Å². The number of aromatic nitrogens is 1. The van der Waals surface area contributed by atoms with Gasteiger partial charge >= 0.3 is 0 Å². The second-order valence-corrected chi connectivity index (χ2v) is 5.12. The average molecular weight is 243 g/mol. The van der Waals surface area contributed by atoms with Crippen LogP contribution in [0.5, 0.6) is 0 Å². The molecule has 0 aromatic carbocycles. The summed E-state index contributed by atoms with van der Waals surface area (Å²) >= 11 is 1.38. The molecule has 0 saturated heterocycles. The predicted octanol–water partition coefficient (Wildman–Crippen LogP) is 1.03. The fourth-order valence-corrected chi connectivity index (χ4v) is 1.98. The van der Waals surface area contributed by atoms with Crippen molar-refractivity contribution in [3.05, 3.63) is 11.1 Å². The van der Waals surface area contributed by atoms with E-state index in [0.29, 0.717) is 10.8 Å². The molecule has 0 spiro atoms. The summed E-state index contributed by atoms with van der Waals surface area (Å²) in [6.45, 7) is 3.60. The molecule has 1 aromatic heterocycles. The van der Waals surface area contributed by atoms with Gasteiger partial charge in [-0.2, -0.15) is 0 Å². The number of likely N-dealkylation sites (N-methyl/N-ethyl adjacent to an activating group) is 1.